The zero-order valence-electron chi connectivity index (χ0n) is 9.63. The van der Waals surface area contributed by atoms with Crippen LogP contribution in [-0.2, 0) is 23.9 Å². The SMILES string of the molecule is C=CC(=O)N1CCc2c(cccc2C(F)(F)F)C1. The minimum Gasteiger partial charge on any atom is -0.335 e. The van der Waals surface area contributed by atoms with Gasteiger partial charge in [0.2, 0.25) is 5.91 Å². The summed E-state index contributed by atoms with van der Waals surface area (Å²) < 4.78 is 38.4. The minimum atomic E-state index is -4.34. The predicted octanol–water partition coefficient (Wildman–Crippen LogP) is 2.78. The monoisotopic (exact) mass is 255 g/mol. The largest absolute Gasteiger partial charge is 0.416 e. The first-order valence-electron chi connectivity index (χ1n) is 5.53. The summed E-state index contributed by atoms with van der Waals surface area (Å²) in [7, 11) is 0. The van der Waals surface area contributed by atoms with E-state index in [9.17, 15) is 18.0 Å². The highest BCUT2D eigenvalue weighted by molar-refractivity contribution is 5.87. The van der Waals surface area contributed by atoms with Gasteiger partial charge in [-0.1, -0.05) is 18.7 Å². The maximum atomic E-state index is 12.8. The molecule has 0 radical (unpaired) electrons. The van der Waals surface area contributed by atoms with Crippen LogP contribution in [0.4, 0.5) is 13.2 Å². The second-order valence-corrected chi connectivity index (χ2v) is 4.15. The summed E-state index contributed by atoms with van der Waals surface area (Å²) in [6.45, 7) is 3.89. The second kappa shape index (κ2) is 4.48. The molecule has 1 aromatic rings. The number of benzene rings is 1. The van der Waals surface area contributed by atoms with Crippen LogP contribution >= 0.6 is 0 Å². The molecule has 2 nitrogen and oxygen atoms in total. The summed E-state index contributed by atoms with van der Waals surface area (Å²) >= 11 is 0. The van der Waals surface area contributed by atoms with Gasteiger partial charge in [-0.2, -0.15) is 13.2 Å². The second-order valence-electron chi connectivity index (χ2n) is 4.15. The van der Waals surface area contributed by atoms with Crippen molar-refractivity contribution in [2.45, 2.75) is 19.1 Å². The van der Waals surface area contributed by atoms with Crippen molar-refractivity contribution in [1.29, 1.82) is 0 Å². The molecule has 0 bridgehead atoms. The highest BCUT2D eigenvalue weighted by Crippen LogP contribution is 2.35. The average molecular weight is 255 g/mol. The molecule has 0 atom stereocenters. The predicted molar refractivity (Wildman–Crippen MR) is 60.8 cm³/mol. The maximum absolute atomic E-state index is 12.8. The van der Waals surface area contributed by atoms with Crippen molar-refractivity contribution >= 4 is 5.91 Å². The van der Waals surface area contributed by atoms with Gasteiger partial charge in [-0.05, 0) is 29.7 Å². The van der Waals surface area contributed by atoms with Crippen molar-refractivity contribution in [2.75, 3.05) is 6.54 Å². The third-order valence-electron chi connectivity index (χ3n) is 3.06. The fourth-order valence-corrected chi connectivity index (χ4v) is 2.19. The number of hydrogen-bond donors (Lipinski definition) is 0. The van der Waals surface area contributed by atoms with Gasteiger partial charge in [-0.3, -0.25) is 4.79 Å². The number of amides is 1. The van der Waals surface area contributed by atoms with Crippen molar-refractivity contribution in [2.24, 2.45) is 0 Å². The Labute approximate surface area is 103 Å². The van der Waals surface area contributed by atoms with E-state index in [-0.39, 0.29) is 18.9 Å². The summed E-state index contributed by atoms with van der Waals surface area (Å²) in [4.78, 5) is 12.9. The molecule has 0 aromatic heterocycles. The summed E-state index contributed by atoms with van der Waals surface area (Å²) in [6.07, 6.45) is -2.93. The molecule has 0 saturated heterocycles. The van der Waals surface area contributed by atoms with Crippen molar-refractivity contribution in [3.8, 4) is 0 Å². The van der Waals surface area contributed by atoms with Crippen LogP contribution in [0.15, 0.2) is 30.9 Å². The molecule has 0 aliphatic carbocycles. The van der Waals surface area contributed by atoms with Crippen molar-refractivity contribution < 1.29 is 18.0 Å². The quantitative estimate of drug-likeness (QED) is 0.707. The topological polar surface area (TPSA) is 20.3 Å². The molecule has 0 N–H and O–H groups in total. The molecule has 0 fully saturated rings. The molecule has 0 saturated carbocycles. The molecule has 96 valence electrons. The number of rotatable bonds is 1. The van der Waals surface area contributed by atoms with E-state index in [0.717, 1.165) is 6.07 Å². The fourth-order valence-electron chi connectivity index (χ4n) is 2.19. The van der Waals surface area contributed by atoms with Gasteiger partial charge in [0.25, 0.3) is 0 Å². The normalized spacial score (nSPS) is 15.2. The molecular formula is C13H12F3NO. The Morgan fingerprint density at radius 1 is 1.39 bits per heavy atom. The molecule has 1 aliphatic heterocycles. The zero-order chi connectivity index (χ0) is 13.3. The Balaban J connectivity index is 2.36. The van der Waals surface area contributed by atoms with E-state index in [2.05, 4.69) is 6.58 Å². The van der Waals surface area contributed by atoms with E-state index in [1.165, 1.54) is 17.0 Å². The Kier molecular flexibility index (Phi) is 3.15. The first-order valence-corrected chi connectivity index (χ1v) is 5.53. The number of hydrogen-bond acceptors (Lipinski definition) is 1. The lowest BCUT2D eigenvalue weighted by Gasteiger charge is -2.29. The van der Waals surface area contributed by atoms with E-state index in [0.29, 0.717) is 17.7 Å². The van der Waals surface area contributed by atoms with Gasteiger partial charge >= 0.3 is 6.18 Å². The Morgan fingerprint density at radius 2 is 2.11 bits per heavy atom. The summed E-state index contributed by atoms with van der Waals surface area (Å²) in [5.41, 5.74) is 0.273. The first kappa shape index (κ1) is 12.7. The van der Waals surface area contributed by atoms with Crippen molar-refractivity contribution in [3.63, 3.8) is 0 Å². The molecule has 1 aliphatic rings. The Hall–Kier alpha value is -1.78. The minimum absolute atomic E-state index is 0.212. The van der Waals surface area contributed by atoms with Gasteiger partial charge in [0.15, 0.2) is 0 Å². The number of alkyl halides is 3. The lowest BCUT2D eigenvalue weighted by molar-refractivity contribution is -0.138. The molecule has 1 aromatic carbocycles. The number of carbonyl (C=O) groups excluding carboxylic acids is 1. The van der Waals surface area contributed by atoms with Gasteiger partial charge in [0, 0.05) is 13.1 Å². The van der Waals surface area contributed by atoms with Crippen LogP contribution < -0.4 is 0 Å². The smallest absolute Gasteiger partial charge is 0.335 e. The molecule has 0 spiro atoms. The van der Waals surface area contributed by atoms with Crippen LogP contribution in [0.3, 0.4) is 0 Å². The number of halogens is 3. The molecule has 18 heavy (non-hydrogen) atoms. The van der Waals surface area contributed by atoms with Gasteiger partial charge in [0.05, 0.1) is 5.56 Å². The first-order chi connectivity index (χ1) is 8.43. The van der Waals surface area contributed by atoms with Gasteiger partial charge in [-0.15, -0.1) is 0 Å². The summed E-state index contributed by atoms with van der Waals surface area (Å²) in [6, 6.07) is 4.10. The Morgan fingerprint density at radius 3 is 2.72 bits per heavy atom. The molecule has 2 rings (SSSR count). The van der Waals surface area contributed by atoms with Crippen LogP contribution in [0.1, 0.15) is 16.7 Å². The number of carbonyl (C=O) groups is 1. The standard InChI is InChI=1S/C13H12F3NO/c1-2-12(18)17-7-6-10-9(8-17)4-3-5-11(10)13(14,15)16/h2-5H,1,6-8H2. The molecule has 1 amide bonds. The third kappa shape index (κ3) is 2.25. The van der Waals surface area contributed by atoms with Crippen molar-refractivity contribution in [3.05, 3.63) is 47.5 Å². The lowest BCUT2D eigenvalue weighted by atomic mass is 9.94. The van der Waals surface area contributed by atoms with Crippen molar-refractivity contribution in [1.82, 2.24) is 4.90 Å². The van der Waals surface area contributed by atoms with E-state index >= 15 is 0 Å². The lowest BCUT2D eigenvalue weighted by Crippen LogP contribution is -2.35. The third-order valence-corrected chi connectivity index (χ3v) is 3.06. The van der Waals surface area contributed by atoms with Gasteiger partial charge < -0.3 is 4.90 Å². The van der Waals surface area contributed by atoms with E-state index in [4.69, 9.17) is 0 Å². The van der Waals surface area contributed by atoms with Crippen LogP contribution in [-0.4, -0.2) is 17.4 Å². The van der Waals surface area contributed by atoms with Gasteiger partial charge in [0.1, 0.15) is 0 Å². The van der Waals surface area contributed by atoms with E-state index in [1.807, 2.05) is 0 Å². The number of nitrogens with zero attached hydrogens (tertiary/aromatic N) is 1. The highest BCUT2D eigenvalue weighted by atomic mass is 19.4. The highest BCUT2D eigenvalue weighted by Gasteiger charge is 2.35. The summed E-state index contributed by atoms with van der Waals surface area (Å²) in [5.74, 6) is -0.252. The van der Waals surface area contributed by atoms with E-state index < -0.39 is 11.7 Å². The molecule has 0 unspecified atom stereocenters. The maximum Gasteiger partial charge on any atom is 0.416 e. The van der Waals surface area contributed by atoms with Crippen LogP contribution in [0, 0.1) is 0 Å². The van der Waals surface area contributed by atoms with Gasteiger partial charge in [-0.25, -0.2) is 0 Å². The molecular weight excluding hydrogens is 243 g/mol. The molecule has 1 heterocycles. The zero-order valence-corrected chi connectivity index (χ0v) is 9.63. The molecule has 5 heteroatoms. The van der Waals surface area contributed by atoms with E-state index in [1.54, 1.807) is 6.07 Å². The Bertz CT molecular complexity index is 493. The van der Waals surface area contributed by atoms with Crippen LogP contribution in [0.5, 0.6) is 0 Å². The van der Waals surface area contributed by atoms with Crippen LogP contribution in [0.25, 0.3) is 0 Å². The number of fused-ring (bicyclic) bond motifs is 1. The summed E-state index contributed by atoms with van der Waals surface area (Å²) in [5, 5.41) is 0. The van der Waals surface area contributed by atoms with Crippen LogP contribution in [0.2, 0.25) is 0 Å². The average Bonchev–Trinajstić information content (AvgIpc) is 2.35. The fraction of sp³-hybridized carbons (Fsp3) is 0.308.